The molecular formula is C17H34N2O. The zero-order valence-corrected chi connectivity index (χ0v) is 13.8. The van der Waals surface area contributed by atoms with Gasteiger partial charge in [0, 0.05) is 24.1 Å². The van der Waals surface area contributed by atoms with Gasteiger partial charge in [0.05, 0.1) is 6.61 Å². The van der Waals surface area contributed by atoms with Crippen molar-refractivity contribution in [1.82, 2.24) is 10.2 Å². The minimum Gasteiger partial charge on any atom is -0.381 e. The van der Waals surface area contributed by atoms with Gasteiger partial charge in [0.1, 0.15) is 0 Å². The summed E-state index contributed by atoms with van der Waals surface area (Å²) >= 11 is 0. The highest BCUT2D eigenvalue weighted by Crippen LogP contribution is 2.38. The summed E-state index contributed by atoms with van der Waals surface area (Å²) in [6.45, 7) is 5.32. The van der Waals surface area contributed by atoms with E-state index in [1.54, 1.807) is 0 Å². The molecule has 118 valence electrons. The standard InChI is InChI=1S/C17H34N2O/c1-4-12-18-16(15-9-13-20-14-15)17(19(2)3)10-7-5-6-8-11-17/h15-16,18H,4-14H2,1-3H3. The molecule has 1 heterocycles. The molecule has 3 heteroatoms. The van der Waals surface area contributed by atoms with Gasteiger partial charge in [0.25, 0.3) is 0 Å². The van der Waals surface area contributed by atoms with E-state index in [9.17, 15) is 0 Å². The summed E-state index contributed by atoms with van der Waals surface area (Å²) in [5.74, 6) is 0.696. The van der Waals surface area contributed by atoms with Gasteiger partial charge in [-0.2, -0.15) is 0 Å². The highest BCUT2D eigenvalue weighted by Gasteiger charge is 2.45. The van der Waals surface area contributed by atoms with E-state index >= 15 is 0 Å². The summed E-state index contributed by atoms with van der Waals surface area (Å²) < 4.78 is 5.71. The molecule has 2 rings (SSSR count). The van der Waals surface area contributed by atoms with Crippen molar-refractivity contribution in [2.24, 2.45) is 5.92 Å². The van der Waals surface area contributed by atoms with Crippen LogP contribution in [0.1, 0.15) is 58.3 Å². The van der Waals surface area contributed by atoms with Crippen LogP contribution in [-0.4, -0.2) is 50.3 Å². The Morgan fingerprint density at radius 2 is 1.90 bits per heavy atom. The lowest BCUT2D eigenvalue weighted by atomic mass is 9.75. The van der Waals surface area contributed by atoms with E-state index in [1.807, 2.05) is 0 Å². The molecule has 0 amide bonds. The third kappa shape index (κ3) is 3.55. The van der Waals surface area contributed by atoms with E-state index in [2.05, 4.69) is 31.2 Å². The van der Waals surface area contributed by atoms with Gasteiger partial charge in [-0.05, 0) is 46.3 Å². The second-order valence-corrected chi connectivity index (χ2v) is 6.97. The van der Waals surface area contributed by atoms with Crippen LogP contribution in [0.4, 0.5) is 0 Å². The van der Waals surface area contributed by atoms with E-state index in [4.69, 9.17) is 4.74 Å². The first-order valence-electron chi connectivity index (χ1n) is 8.69. The first-order valence-corrected chi connectivity index (χ1v) is 8.69. The predicted molar refractivity (Wildman–Crippen MR) is 85.1 cm³/mol. The topological polar surface area (TPSA) is 24.5 Å². The van der Waals surface area contributed by atoms with Crippen LogP contribution in [0.5, 0.6) is 0 Å². The number of rotatable bonds is 6. The van der Waals surface area contributed by atoms with Gasteiger partial charge >= 0.3 is 0 Å². The third-order valence-corrected chi connectivity index (χ3v) is 5.49. The monoisotopic (exact) mass is 282 g/mol. The van der Waals surface area contributed by atoms with Crippen molar-refractivity contribution in [3.8, 4) is 0 Å². The van der Waals surface area contributed by atoms with Gasteiger partial charge in [-0.1, -0.05) is 32.6 Å². The van der Waals surface area contributed by atoms with Gasteiger partial charge in [-0.15, -0.1) is 0 Å². The number of nitrogens with zero attached hydrogens (tertiary/aromatic N) is 1. The largest absolute Gasteiger partial charge is 0.381 e. The van der Waals surface area contributed by atoms with Crippen LogP contribution in [0.25, 0.3) is 0 Å². The number of likely N-dealkylation sites (N-methyl/N-ethyl adjacent to an activating group) is 1. The van der Waals surface area contributed by atoms with E-state index in [1.165, 1.54) is 51.4 Å². The van der Waals surface area contributed by atoms with Crippen molar-refractivity contribution in [2.75, 3.05) is 33.9 Å². The molecule has 3 nitrogen and oxygen atoms in total. The van der Waals surface area contributed by atoms with Crippen molar-refractivity contribution in [3.05, 3.63) is 0 Å². The number of ether oxygens (including phenoxy) is 1. The summed E-state index contributed by atoms with van der Waals surface area (Å²) in [7, 11) is 4.59. The molecule has 0 aromatic heterocycles. The maximum atomic E-state index is 5.71. The Morgan fingerprint density at radius 3 is 2.40 bits per heavy atom. The summed E-state index contributed by atoms with van der Waals surface area (Å²) in [6.07, 6.45) is 10.7. The molecule has 0 bridgehead atoms. The molecule has 1 saturated carbocycles. The molecule has 2 aliphatic rings. The molecular weight excluding hydrogens is 248 g/mol. The molecule has 2 atom stereocenters. The zero-order chi connectivity index (χ0) is 14.4. The van der Waals surface area contributed by atoms with E-state index in [-0.39, 0.29) is 0 Å². The molecule has 20 heavy (non-hydrogen) atoms. The van der Waals surface area contributed by atoms with Crippen molar-refractivity contribution in [3.63, 3.8) is 0 Å². The second-order valence-electron chi connectivity index (χ2n) is 6.97. The number of hydrogen-bond acceptors (Lipinski definition) is 3. The van der Waals surface area contributed by atoms with Crippen LogP contribution in [0, 0.1) is 5.92 Å². The summed E-state index contributed by atoms with van der Waals surface area (Å²) in [4.78, 5) is 2.53. The quantitative estimate of drug-likeness (QED) is 0.758. The molecule has 0 radical (unpaired) electrons. The number of hydrogen-bond donors (Lipinski definition) is 1. The van der Waals surface area contributed by atoms with Crippen molar-refractivity contribution in [1.29, 1.82) is 0 Å². The fraction of sp³-hybridized carbons (Fsp3) is 1.00. The SMILES string of the molecule is CCCNC(C1CCOC1)C1(N(C)C)CCCCCC1. The van der Waals surface area contributed by atoms with Crippen LogP contribution >= 0.6 is 0 Å². The Kier molecular flexibility index (Phi) is 6.31. The maximum absolute atomic E-state index is 5.71. The first-order chi connectivity index (χ1) is 9.70. The Labute approximate surface area is 125 Å². The number of nitrogens with one attached hydrogen (secondary N) is 1. The second kappa shape index (κ2) is 7.77. The molecule has 0 spiro atoms. The predicted octanol–water partition coefficient (Wildman–Crippen LogP) is 3.05. The molecule has 1 aliphatic carbocycles. The molecule has 1 N–H and O–H groups in total. The smallest absolute Gasteiger partial charge is 0.0510 e. The zero-order valence-electron chi connectivity index (χ0n) is 13.8. The highest BCUT2D eigenvalue weighted by molar-refractivity contribution is 5.03. The molecule has 2 unspecified atom stereocenters. The molecule has 1 saturated heterocycles. The van der Waals surface area contributed by atoms with Gasteiger partial charge in [-0.3, -0.25) is 0 Å². The Balaban J connectivity index is 2.19. The lowest BCUT2D eigenvalue weighted by Crippen LogP contribution is -2.62. The summed E-state index contributed by atoms with van der Waals surface area (Å²) in [5, 5.41) is 3.91. The van der Waals surface area contributed by atoms with Crippen LogP contribution in [-0.2, 0) is 4.74 Å². The van der Waals surface area contributed by atoms with Crippen molar-refractivity contribution in [2.45, 2.75) is 69.9 Å². The van der Waals surface area contributed by atoms with E-state index in [0.717, 1.165) is 19.8 Å². The normalized spacial score (nSPS) is 28.5. The molecule has 0 aromatic carbocycles. The third-order valence-electron chi connectivity index (χ3n) is 5.49. The van der Waals surface area contributed by atoms with Crippen LogP contribution < -0.4 is 5.32 Å². The van der Waals surface area contributed by atoms with Gasteiger partial charge in [-0.25, -0.2) is 0 Å². The molecule has 1 aliphatic heterocycles. The van der Waals surface area contributed by atoms with Crippen LogP contribution in [0.2, 0.25) is 0 Å². The fourth-order valence-corrected chi connectivity index (χ4v) is 4.29. The van der Waals surface area contributed by atoms with Crippen LogP contribution in [0.15, 0.2) is 0 Å². The fourth-order valence-electron chi connectivity index (χ4n) is 4.29. The van der Waals surface area contributed by atoms with Crippen molar-refractivity contribution >= 4 is 0 Å². The maximum Gasteiger partial charge on any atom is 0.0510 e. The lowest BCUT2D eigenvalue weighted by Gasteiger charge is -2.48. The Bertz CT molecular complexity index is 266. The lowest BCUT2D eigenvalue weighted by molar-refractivity contribution is 0.0476. The van der Waals surface area contributed by atoms with E-state index in [0.29, 0.717) is 17.5 Å². The van der Waals surface area contributed by atoms with Crippen LogP contribution in [0.3, 0.4) is 0 Å². The summed E-state index contributed by atoms with van der Waals surface area (Å²) in [5.41, 5.74) is 0.337. The minimum atomic E-state index is 0.337. The molecule has 2 fully saturated rings. The first kappa shape index (κ1) is 16.3. The van der Waals surface area contributed by atoms with Gasteiger partial charge in [0.15, 0.2) is 0 Å². The van der Waals surface area contributed by atoms with E-state index < -0.39 is 0 Å². The van der Waals surface area contributed by atoms with Crippen molar-refractivity contribution < 1.29 is 4.74 Å². The average molecular weight is 282 g/mol. The average Bonchev–Trinajstić information content (AvgIpc) is 2.84. The van der Waals surface area contributed by atoms with Gasteiger partial charge in [0.2, 0.25) is 0 Å². The van der Waals surface area contributed by atoms with Gasteiger partial charge < -0.3 is 15.0 Å². The summed E-state index contributed by atoms with van der Waals surface area (Å²) in [6, 6.07) is 0.595. The Morgan fingerprint density at radius 1 is 1.20 bits per heavy atom. The molecule has 0 aromatic rings. The Hall–Kier alpha value is -0.120. The minimum absolute atomic E-state index is 0.337. The highest BCUT2D eigenvalue weighted by atomic mass is 16.5.